The summed E-state index contributed by atoms with van der Waals surface area (Å²) in [4.78, 5) is 25.1. The Balaban J connectivity index is 1.63. The zero-order valence-electron chi connectivity index (χ0n) is 19.0. The normalized spacial score (nSPS) is 11.0. The van der Waals surface area contributed by atoms with E-state index in [0.29, 0.717) is 27.7 Å². The van der Waals surface area contributed by atoms with Crippen molar-refractivity contribution in [1.29, 1.82) is 5.26 Å². The van der Waals surface area contributed by atoms with Gasteiger partial charge in [0.1, 0.15) is 11.1 Å². The van der Waals surface area contributed by atoms with Gasteiger partial charge in [0.25, 0.3) is 10.0 Å². The van der Waals surface area contributed by atoms with Gasteiger partial charge in [0, 0.05) is 22.8 Å². The van der Waals surface area contributed by atoms with Gasteiger partial charge in [-0.1, -0.05) is 25.1 Å². The molecule has 2 heterocycles. The Labute approximate surface area is 203 Å². The number of carbonyl (C=O) groups excluding carboxylic acids is 1. The van der Waals surface area contributed by atoms with E-state index in [1.54, 1.807) is 26.0 Å². The molecule has 1 amide bonds. The van der Waals surface area contributed by atoms with Crippen LogP contribution in [0.4, 0.5) is 11.6 Å². The Morgan fingerprint density at radius 2 is 1.74 bits per heavy atom. The van der Waals surface area contributed by atoms with E-state index in [4.69, 9.17) is 0 Å². The summed E-state index contributed by atoms with van der Waals surface area (Å²) in [7, 11) is -3.89. The highest BCUT2D eigenvalue weighted by atomic mass is 32.2. The van der Waals surface area contributed by atoms with E-state index in [1.807, 2.05) is 13.0 Å². The standard InChI is InChI=1S/C23H24N6O3S2/c1-4-5-18-7-6-17(13-24)22(28-18)33-14-21(30)27-19-8-10-20(11-9-19)34(31,32)29-23-25-15(2)12-16(3)26-23/h6-12H,4-5,14H2,1-3H3,(H,27,30)(H,25,26,29). The number of rotatable bonds is 9. The van der Waals surface area contributed by atoms with Gasteiger partial charge in [0.15, 0.2) is 0 Å². The van der Waals surface area contributed by atoms with Crippen LogP contribution in [0.15, 0.2) is 52.4 Å². The third-order valence-corrected chi connectivity index (χ3v) is 6.88. The van der Waals surface area contributed by atoms with Crippen LogP contribution in [0.25, 0.3) is 0 Å². The zero-order chi connectivity index (χ0) is 24.7. The van der Waals surface area contributed by atoms with Crippen molar-refractivity contribution < 1.29 is 13.2 Å². The van der Waals surface area contributed by atoms with Gasteiger partial charge in [0.05, 0.1) is 16.2 Å². The third kappa shape index (κ3) is 6.76. The van der Waals surface area contributed by atoms with E-state index >= 15 is 0 Å². The quantitative estimate of drug-likeness (QED) is 0.426. The van der Waals surface area contributed by atoms with Gasteiger partial charge in [-0.25, -0.2) is 28.1 Å². The van der Waals surface area contributed by atoms with Gasteiger partial charge < -0.3 is 5.32 Å². The first kappa shape index (κ1) is 25.1. The van der Waals surface area contributed by atoms with Gasteiger partial charge in [-0.15, -0.1) is 0 Å². The van der Waals surface area contributed by atoms with Gasteiger partial charge in [-0.2, -0.15) is 5.26 Å². The summed E-state index contributed by atoms with van der Waals surface area (Å²) in [6, 6.07) is 13.2. The number of hydrogen-bond acceptors (Lipinski definition) is 8. The summed E-state index contributed by atoms with van der Waals surface area (Å²) < 4.78 is 27.6. The zero-order valence-corrected chi connectivity index (χ0v) is 20.6. The summed E-state index contributed by atoms with van der Waals surface area (Å²) in [5.74, 6) is -0.239. The molecule has 0 bridgehead atoms. The summed E-state index contributed by atoms with van der Waals surface area (Å²) in [6.45, 7) is 5.55. The van der Waals surface area contributed by atoms with Crippen molar-refractivity contribution in [2.45, 2.75) is 43.5 Å². The maximum atomic E-state index is 12.6. The largest absolute Gasteiger partial charge is 0.325 e. The Morgan fingerprint density at radius 1 is 1.06 bits per heavy atom. The Hall–Kier alpha value is -3.49. The minimum Gasteiger partial charge on any atom is -0.325 e. The molecule has 11 heteroatoms. The number of aromatic nitrogens is 3. The summed E-state index contributed by atoms with van der Waals surface area (Å²) in [6.07, 6.45) is 1.73. The maximum absolute atomic E-state index is 12.6. The molecule has 3 aromatic rings. The summed E-state index contributed by atoms with van der Waals surface area (Å²) in [5, 5.41) is 12.5. The van der Waals surface area contributed by atoms with Gasteiger partial charge >= 0.3 is 0 Å². The number of anilines is 2. The minimum atomic E-state index is -3.89. The number of aryl methyl sites for hydroxylation is 3. The van der Waals surface area contributed by atoms with Crippen molar-refractivity contribution in [2.24, 2.45) is 0 Å². The van der Waals surface area contributed by atoms with E-state index in [-0.39, 0.29) is 22.5 Å². The fraction of sp³-hybridized carbons (Fsp3) is 0.261. The molecular formula is C23H24N6O3S2. The molecule has 1 aromatic carbocycles. The van der Waals surface area contributed by atoms with Crippen molar-refractivity contribution in [2.75, 3.05) is 15.8 Å². The van der Waals surface area contributed by atoms with Gasteiger partial charge in [-0.05, 0) is 62.7 Å². The van der Waals surface area contributed by atoms with Crippen molar-refractivity contribution in [1.82, 2.24) is 15.0 Å². The van der Waals surface area contributed by atoms with Crippen LogP contribution in [0.5, 0.6) is 0 Å². The molecule has 0 atom stereocenters. The molecular weight excluding hydrogens is 472 g/mol. The van der Waals surface area contributed by atoms with Crippen molar-refractivity contribution in [3.8, 4) is 6.07 Å². The number of amides is 1. The predicted octanol–water partition coefficient (Wildman–Crippen LogP) is 3.84. The molecule has 0 saturated heterocycles. The van der Waals surface area contributed by atoms with E-state index in [1.165, 1.54) is 36.0 Å². The van der Waals surface area contributed by atoms with Crippen molar-refractivity contribution in [3.05, 3.63) is 65.1 Å². The van der Waals surface area contributed by atoms with Crippen LogP contribution in [0.3, 0.4) is 0 Å². The van der Waals surface area contributed by atoms with E-state index in [2.05, 4.69) is 31.1 Å². The highest BCUT2D eigenvalue weighted by Gasteiger charge is 2.17. The van der Waals surface area contributed by atoms with Gasteiger partial charge in [-0.3, -0.25) is 4.79 Å². The van der Waals surface area contributed by atoms with Crippen LogP contribution in [-0.4, -0.2) is 35.0 Å². The van der Waals surface area contributed by atoms with Crippen LogP contribution >= 0.6 is 11.8 Å². The molecule has 0 aliphatic heterocycles. The topological polar surface area (TPSA) is 138 Å². The van der Waals surface area contributed by atoms with Crippen LogP contribution in [0, 0.1) is 25.2 Å². The predicted molar refractivity (Wildman–Crippen MR) is 131 cm³/mol. The fourth-order valence-electron chi connectivity index (χ4n) is 3.07. The number of nitrogens with zero attached hydrogens (tertiary/aromatic N) is 4. The lowest BCUT2D eigenvalue weighted by molar-refractivity contribution is -0.113. The highest BCUT2D eigenvalue weighted by Crippen LogP contribution is 2.22. The maximum Gasteiger partial charge on any atom is 0.264 e. The van der Waals surface area contributed by atoms with Crippen LogP contribution in [0.2, 0.25) is 0 Å². The van der Waals surface area contributed by atoms with E-state index in [0.717, 1.165) is 18.5 Å². The van der Waals surface area contributed by atoms with Crippen molar-refractivity contribution in [3.63, 3.8) is 0 Å². The molecule has 0 aliphatic carbocycles. The lowest BCUT2D eigenvalue weighted by atomic mass is 10.2. The summed E-state index contributed by atoms with van der Waals surface area (Å²) in [5.41, 5.74) is 3.04. The van der Waals surface area contributed by atoms with E-state index < -0.39 is 10.0 Å². The lowest BCUT2D eigenvalue weighted by Crippen LogP contribution is -2.16. The van der Waals surface area contributed by atoms with Crippen LogP contribution in [-0.2, 0) is 21.2 Å². The molecule has 0 radical (unpaired) electrons. The SMILES string of the molecule is CCCc1ccc(C#N)c(SCC(=O)Nc2ccc(S(=O)(=O)Nc3nc(C)cc(C)n3)cc2)n1. The molecule has 2 aromatic heterocycles. The number of benzene rings is 1. The molecule has 176 valence electrons. The minimum absolute atomic E-state index is 0.000239. The Bertz CT molecular complexity index is 1320. The average Bonchev–Trinajstić information content (AvgIpc) is 2.77. The fourth-order valence-corrected chi connectivity index (χ4v) is 4.80. The Morgan fingerprint density at radius 3 is 2.35 bits per heavy atom. The molecule has 0 unspecified atom stereocenters. The number of carbonyl (C=O) groups is 1. The second-order valence-electron chi connectivity index (χ2n) is 7.46. The molecule has 0 aliphatic rings. The molecule has 9 nitrogen and oxygen atoms in total. The number of pyridine rings is 1. The second kappa shape index (κ2) is 11.1. The molecule has 0 fully saturated rings. The Kier molecular flexibility index (Phi) is 8.20. The first-order chi connectivity index (χ1) is 16.2. The third-order valence-electron chi connectivity index (χ3n) is 4.54. The van der Waals surface area contributed by atoms with Crippen LogP contribution < -0.4 is 10.0 Å². The first-order valence-electron chi connectivity index (χ1n) is 10.5. The number of nitrogens with one attached hydrogen (secondary N) is 2. The van der Waals surface area contributed by atoms with Gasteiger partial charge in [0.2, 0.25) is 11.9 Å². The number of thioether (sulfide) groups is 1. The van der Waals surface area contributed by atoms with E-state index in [9.17, 15) is 18.5 Å². The molecule has 0 spiro atoms. The molecule has 2 N–H and O–H groups in total. The summed E-state index contributed by atoms with van der Waals surface area (Å²) >= 11 is 1.18. The highest BCUT2D eigenvalue weighted by molar-refractivity contribution is 8.00. The first-order valence-corrected chi connectivity index (χ1v) is 12.9. The number of sulfonamides is 1. The molecule has 0 saturated carbocycles. The average molecular weight is 497 g/mol. The lowest BCUT2D eigenvalue weighted by Gasteiger charge is -2.10. The van der Waals surface area contributed by atoms with Crippen molar-refractivity contribution >= 4 is 39.3 Å². The number of nitriles is 1. The smallest absolute Gasteiger partial charge is 0.264 e. The number of hydrogen-bond donors (Lipinski definition) is 2. The monoisotopic (exact) mass is 496 g/mol. The molecule has 3 rings (SSSR count). The molecule has 34 heavy (non-hydrogen) atoms. The van der Waals surface area contributed by atoms with Crippen LogP contribution in [0.1, 0.15) is 36.0 Å². The second-order valence-corrected chi connectivity index (χ2v) is 10.1.